The molecule has 1 heteroatoms. The number of hydrogen-bond donors (Lipinski definition) is 0. The molecular weight excluding hydrogens is 268 g/mol. The zero-order valence-corrected chi connectivity index (χ0v) is 15.0. The predicted molar refractivity (Wildman–Crippen MR) is 90.4 cm³/mol. The number of hydrogen-bond acceptors (Lipinski definition) is 1. The monoisotopic (exact) mass is 302 g/mol. The van der Waals surface area contributed by atoms with Crippen molar-refractivity contribution < 1.29 is 4.79 Å². The predicted octanol–water partition coefficient (Wildman–Crippen LogP) is 5.48. The molecular formula is C21H34O. The molecule has 0 amide bonds. The molecule has 0 N–H and O–H groups in total. The van der Waals surface area contributed by atoms with Crippen LogP contribution in [0.4, 0.5) is 0 Å². The molecule has 1 nitrogen and oxygen atoms in total. The number of ketones is 1. The van der Waals surface area contributed by atoms with E-state index in [1.54, 1.807) is 0 Å². The Labute approximate surface area is 136 Å². The number of fused-ring (bicyclic) bond motifs is 5. The molecule has 0 aromatic rings. The Hall–Kier alpha value is -0.330. The van der Waals surface area contributed by atoms with Crippen molar-refractivity contribution >= 4 is 5.78 Å². The van der Waals surface area contributed by atoms with Crippen molar-refractivity contribution in [2.45, 2.75) is 79.1 Å². The van der Waals surface area contributed by atoms with Crippen molar-refractivity contribution in [1.82, 2.24) is 0 Å². The van der Waals surface area contributed by atoms with Crippen molar-refractivity contribution in [2.75, 3.05) is 0 Å². The Morgan fingerprint density at radius 1 is 0.909 bits per heavy atom. The lowest BCUT2D eigenvalue weighted by molar-refractivity contribution is -0.147. The lowest BCUT2D eigenvalue weighted by Gasteiger charge is -2.62. The maximum atomic E-state index is 12.5. The van der Waals surface area contributed by atoms with Gasteiger partial charge in [0, 0.05) is 11.8 Å². The third-order valence-electron chi connectivity index (χ3n) is 9.00. The van der Waals surface area contributed by atoms with E-state index in [9.17, 15) is 4.79 Å². The van der Waals surface area contributed by atoms with Gasteiger partial charge in [-0.15, -0.1) is 0 Å². The van der Waals surface area contributed by atoms with E-state index in [1.807, 2.05) is 0 Å². The standard InChI is InChI=1S/C21H34O/c1-13-7-9-20(3)17-8-10-21(4)16(5-6-19(21)22)15(17)12-14(2)18(20)11-13/h13-18H,5-12H2,1-4H3/t13-,14+,15?,16?,17?,18?,20+,21-/m0/s1. The number of rotatable bonds is 0. The van der Waals surface area contributed by atoms with Gasteiger partial charge in [0.15, 0.2) is 0 Å². The zero-order chi connectivity index (χ0) is 15.7. The maximum absolute atomic E-state index is 12.5. The number of Topliss-reactive ketones (excluding diaryl/α,β-unsaturated/α-hetero) is 1. The molecule has 124 valence electrons. The van der Waals surface area contributed by atoms with E-state index < -0.39 is 0 Å². The smallest absolute Gasteiger partial charge is 0.139 e. The first-order chi connectivity index (χ1) is 10.4. The SMILES string of the molecule is C[C@H]1CC[C@]2(C)C3CC[C@]4(C)C(=O)CCC4C3C[C@@H](C)C2C1. The molecule has 0 aromatic carbocycles. The van der Waals surface area contributed by atoms with Gasteiger partial charge in [-0.25, -0.2) is 0 Å². The Bertz CT molecular complexity index is 482. The Morgan fingerprint density at radius 3 is 2.45 bits per heavy atom. The quantitative estimate of drug-likeness (QED) is 0.579. The zero-order valence-electron chi connectivity index (χ0n) is 15.0. The summed E-state index contributed by atoms with van der Waals surface area (Å²) in [6.07, 6.45) is 10.3. The molecule has 0 heterocycles. The van der Waals surface area contributed by atoms with Crippen LogP contribution in [0.1, 0.15) is 79.1 Å². The summed E-state index contributed by atoms with van der Waals surface area (Å²) in [5.74, 6) is 5.79. The van der Waals surface area contributed by atoms with Gasteiger partial charge in [0.25, 0.3) is 0 Å². The van der Waals surface area contributed by atoms with E-state index in [-0.39, 0.29) is 5.41 Å². The van der Waals surface area contributed by atoms with Crippen LogP contribution in [-0.4, -0.2) is 5.78 Å². The minimum Gasteiger partial charge on any atom is -0.299 e. The second-order valence-electron chi connectivity index (χ2n) is 10.00. The highest BCUT2D eigenvalue weighted by molar-refractivity contribution is 5.87. The fourth-order valence-corrected chi connectivity index (χ4v) is 7.71. The summed E-state index contributed by atoms with van der Waals surface area (Å²) in [5, 5.41) is 0. The summed E-state index contributed by atoms with van der Waals surface area (Å²) < 4.78 is 0. The van der Waals surface area contributed by atoms with Gasteiger partial charge in [-0.3, -0.25) is 4.79 Å². The molecule has 4 aliphatic rings. The minimum atomic E-state index is 0.0477. The topological polar surface area (TPSA) is 17.1 Å². The van der Waals surface area contributed by atoms with E-state index in [0.717, 1.165) is 36.0 Å². The summed E-state index contributed by atoms with van der Waals surface area (Å²) in [5.41, 5.74) is 0.619. The maximum Gasteiger partial charge on any atom is 0.139 e. The Kier molecular flexibility index (Phi) is 3.34. The molecule has 4 aliphatic carbocycles. The fraction of sp³-hybridized carbons (Fsp3) is 0.952. The van der Waals surface area contributed by atoms with Gasteiger partial charge in [-0.05, 0) is 79.4 Å². The van der Waals surface area contributed by atoms with Crippen LogP contribution in [0.3, 0.4) is 0 Å². The van der Waals surface area contributed by atoms with Crippen molar-refractivity contribution in [2.24, 2.45) is 46.3 Å². The fourth-order valence-electron chi connectivity index (χ4n) is 7.71. The van der Waals surface area contributed by atoms with Gasteiger partial charge in [-0.2, -0.15) is 0 Å². The van der Waals surface area contributed by atoms with Crippen molar-refractivity contribution in [1.29, 1.82) is 0 Å². The van der Waals surface area contributed by atoms with E-state index in [0.29, 0.717) is 17.1 Å². The van der Waals surface area contributed by atoms with Gasteiger partial charge < -0.3 is 0 Å². The van der Waals surface area contributed by atoms with Crippen LogP contribution >= 0.6 is 0 Å². The Balaban J connectivity index is 1.68. The normalized spacial score (nSPS) is 57.9. The molecule has 0 radical (unpaired) electrons. The average molecular weight is 303 g/mol. The third kappa shape index (κ3) is 1.86. The molecule has 4 rings (SSSR count). The third-order valence-corrected chi connectivity index (χ3v) is 9.00. The van der Waals surface area contributed by atoms with Crippen LogP contribution in [-0.2, 0) is 4.79 Å². The van der Waals surface area contributed by atoms with Crippen LogP contribution < -0.4 is 0 Å². The summed E-state index contributed by atoms with van der Waals surface area (Å²) in [6.45, 7) is 9.94. The molecule has 4 saturated carbocycles. The van der Waals surface area contributed by atoms with Crippen molar-refractivity contribution in [3.8, 4) is 0 Å². The summed E-state index contributed by atoms with van der Waals surface area (Å²) in [7, 11) is 0. The molecule has 4 fully saturated rings. The lowest BCUT2D eigenvalue weighted by Crippen LogP contribution is -2.55. The second-order valence-corrected chi connectivity index (χ2v) is 10.00. The largest absolute Gasteiger partial charge is 0.299 e. The van der Waals surface area contributed by atoms with Crippen LogP contribution in [0.25, 0.3) is 0 Å². The van der Waals surface area contributed by atoms with E-state index in [2.05, 4.69) is 27.7 Å². The lowest BCUT2D eigenvalue weighted by atomic mass is 9.43. The van der Waals surface area contributed by atoms with Gasteiger partial charge in [0.1, 0.15) is 5.78 Å². The highest BCUT2D eigenvalue weighted by Gasteiger charge is 2.61. The molecule has 8 atom stereocenters. The molecule has 0 saturated heterocycles. The van der Waals surface area contributed by atoms with E-state index in [4.69, 9.17) is 0 Å². The molecule has 22 heavy (non-hydrogen) atoms. The molecule has 0 aromatic heterocycles. The number of carbonyl (C=O) groups excluding carboxylic acids is 1. The summed E-state index contributed by atoms with van der Waals surface area (Å²) >= 11 is 0. The van der Waals surface area contributed by atoms with Crippen molar-refractivity contribution in [3.05, 3.63) is 0 Å². The minimum absolute atomic E-state index is 0.0477. The average Bonchev–Trinajstić information content (AvgIpc) is 2.77. The molecule has 0 spiro atoms. The van der Waals surface area contributed by atoms with Gasteiger partial charge in [0.2, 0.25) is 0 Å². The summed E-state index contributed by atoms with van der Waals surface area (Å²) in [4.78, 5) is 12.5. The first kappa shape index (κ1) is 15.2. The number of carbonyl (C=O) groups is 1. The van der Waals surface area contributed by atoms with Gasteiger partial charge >= 0.3 is 0 Å². The highest BCUT2D eigenvalue weighted by Crippen LogP contribution is 2.66. The Morgan fingerprint density at radius 2 is 1.68 bits per heavy atom. The molecule has 4 unspecified atom stereocenters. The summed E-state index contributed by atoms with van der Waals surface area (Å²) in [6, 6.07) is 0. The first-order valence-electron chi connectivity index (χ1n) is 9.89. The molecule has 0 aliphatic heterocycles. The van der Waals surface area contributed by atoms with Crippen LogP contribution in [0, 0.1) is 46.3 Å². The van der Waals surface area contributed by atoms with Crippen LogP contribution in [0.2, 0.25) is 0 Å². The highest BCUT2D eigenvalue weighted by atomic mass is 16.1. The molecule has 0 bridgehead atoms. The second kappa shape index (κ2) is 4.84. The van der Waals surface area contributed by atoms with Gasteiger partial charge in [-0.1, -0.05) is 34.1 Å². The van der Waals surface area contributed by atoms with E-state index in [1.165, 1.54) is 44.9 Å². The van der Waals surface area contributed by atoms with Gasteiger partial charge in [0.05, 0.1) is 0 Å². The first-order valence-corrected chi connectivity index (χ1v) is 9.89. The van der Waals surface area contributed by atoms with Crippen LogP contribution in [0.5, 0.6) is 0 Å². The van der Waals surface area contributed by atoms with E-state index >= 15 is 0 Å². The van der Waals surface area contributed by atoms with Crippen molar-refractivity contribution in [3.63, 3.8) is 0 Å². The van der Waals surface area contributed by atoms with Crippen LogP contribution in [0.15, 0.2) is 0 Å².